The Morgan fingerprint density at radius 2 is 1.90 bits per heavy atom. The monoisotopic (exact) mass is 431 g/mol. The molecule has 0 saturated heterocycles. The molecule has 0 aliphatic rings. The lowest BCUT2D eigenvalue weighted by molar-refractivity contribution is 0.0949. The molecule has 10 heteroatoms. The summed E-state index contributed by atoms with van der Waals surface area (Å²) in [6, 6.07) is 13.6. The molecule has 29 heavy (non-hydrogen) atoms. The largest absolute Gasteiger partial charge is 0.345 e. The van der Waals surface area contributed by atoms with E-state index in [1.807, 2.05) is 31.2 Å². The van der Waals surface area contributed by atoms with Crippen LogP contribution in [0.1, 0.15) is 21.7 Å². The molecular weight excluding hydrogens is 410 g/mol. The van der Waals surface area contributed by atoms with E-state index in [0.29, 0.717) is 16.2 Å². The quantitative estimate of drug-likeness (QED) is 0.584. The van der Waals surface area contributed by atoms with Crippen molar-refractivity contribution in [1.82, 2.24) is 24.4 Å². The molecule has 0 radical (unpaired) electrons. The van der Waals surface area contributed by atoms with Crippen molar-refractivity contribution in [1.29, 1.82) is 0 Å². The molecule has 1 amide bonds. The van der Waals surface area contributed by atoms with Crippen LogP contribution in [0.15, 0.2) is 53.4 Å². The minimum Gasteiger partial charge on any atom is -0.345 e. The van der Waals surface area contributed by atoms with E-state index < -0.39 is 10.0 Å². The third-order valence-corrected chi connectivity index (χ3v) is 6.41. The maximum Gasteiger partial charge on any atom is 0.251 e. The van der Waals surface area contributed by atoms with Crippen LogP contribution in [0, 0.1) is 11.7 Å². The number of nitrogens with one attached hydrogen (secondary N) is 2. The summed E-state index contributed by atoms with van der Waals surface area (Å²) in [5, 5.41) is 9.73. The highest BCUT2D eigenvalue weighted by molar-refractivity contribution is 7.89. The van der Waals surface area contributed by atoms with Crippen LogP contribution in [0.25, 0.3) is 5.69 Å². The van der Waals surface area contributed by atoms with Crippen molar-refractivity contribution in [2.24, 2.45) is 0 Å². The first-order valence-electron chi connectivity index (χ1n) is 8.74. The normalized spacial score (nSPS) is 11.6. The summed E-state index contributed by atoms with van der Waals surface area (Å²) < 4.78 is 27.6. The van der Waals surface area contributed by atoms with Gasteiger partial charge >= 0.3 is 0 Å². The van der Waals surface area contributed by atoms with E-state index in [1.54, 1.807) is 4.57 Å². The number of sulfonamides is 1. The Balaban J connectivity index is 1.76. The number of benzene rings is 2. The van der Waals surface area contributed by atoms with E-state index in [1.165, 1.54) is 38.4 Å². The SMILES string of the molecule is Cc1cccc(-n2c(CNC(=O)c3ccc(S(=O)(=O)N(C)C)cc3)n[nH]c2=S)c1. The number of aromatic nitrogens is 3. The fraction of sp³-hybridized carbons (Fsp3) is 0.211. The van der Waals surface area contributed by atoms with Gasteiger partial charge in [0.25, 0.3) is 5.91 Å². The van der Waals surface area contributed by atoms with Crippen LogP contribution in [-0.4, -0.2) is 47.5 Å². The highest BCUT2D eigenvalue weighted by Gasteiger charge is 2.18. The number of carbonyl (C=O) groups excluding carboxylic acids is 1. The fourth-order valence-corrected chi connectivity index (χ4v) is 3.89. The van der Waals surface area contributed by atoms with E-state index in [9.17, 15) is 13.2 Å². The van der Waals surface area contributed by atoms with Gasteiger partial charge in [0.1, 0.15) is 0 Å². The molecule has 152 valence electrons. The van der Waals surface area contributed by atoms with Crippen molar-refractivity contribution in [3.8, 4) is 5.69 Å². The second-order valence-electron chi connectivity index (χ2n) is 6.61. The molecule has 0 bridgehead atoms. The lowest BCUT2D eigenvalue weighted by Gasteiger charge is -2.12. The number of aromatic amines is 1. The van der Waals surface area contributed by atoms with E-state index in [2.05, 4.69) is 15.5 Å². The van der Waals surface area contributed by atoms with Crippen LogP contribution in [0.4, 0.5) is 0 Å². The van der Waals surface area contributed by atoms with Gasteiger partial charge in [0.05, 0.1) is 11.4 Å². The number of carbonyl (C=O) groups is 1. The molecule has 2 aromatic carbocycles. The highest BCUT2D eigenvalue weighted by atomic mass is 32.2. The van der Waals surface area contributed by atoms with E-state index >= 15 is 0 Å². The van der Waals surface area contributed by atoms with Gasteiger partial charge in [-0.05, 0) is 61.1 Å². The van der Waals surface area contributed by atoms with Gasteiger partial charge in [-0.2, -0.15) is 5.10 Å². The minimum absolute atomic E-state index is 0.124. The maximum absolute atomic E-state index is 12.5. The second-order valence-corrected chi connectivity index (χ2v) is 9.15. The predicted octanol–water partition coefficient (Wildman–Crippen LogP) is 2.42. The van der Waals surface area contributed by atoms with Crippen LogP contribution in [0.2, 0.25) is 0 Å². The Morgan fingerprint density at radius 1 is 1.21 bits per heavy atom. The van der Waals surface area contributed by atoms with Crippen molar-refractivity contribution >= 4 is 28.1 Å². The van der Waals surface area contributed by atoms with Crippen molar-refractivity contribution in [3.63, 3.8) is 0 Å². The third-order valence-electron chi connectivity index (χ3n) is 4.30. The zero-order valence-electron chi connectivity index (χ0n) is 16.2. The first-order chi connectivity index (χ1) is 13.7. The number of hydrogen-bond acceptors (Lipinski definition) is 5. The molecule has 0 spiro atoms. The molecule has 8 nitrogen and oxygen atoms in total. The molecule has 1 heterocycles. The summed E-state index contributed by atoms with van der Waals surface area (Å²) >= 11 is 5.31. The summed E-state index contributed by atoms with van der Waals surface area (Å²) in [7, 11) is -0.629. The van der Waals surface area contributed by atoms with Gasteiger partial charge in [-0.1, -0.05) is 12.1 Å². The fourth-order valence-electron chi connectivity index (χ4n) is 2.73. The lowest BCUT2D eigenvalue weighted by Crippen LogP contribution is -2.25. The number of H-pyrrole nitrogens is 1. The number of hydrogen-bond donors (Lipinski definition) is 2. The molecule has 0 atom stereocenters. The number of nitrogens with zero attached hydrogens (tertiary/aromatic N) is 3. The zero-order valence-corrected chi connectivity index (χ0v) is 17.8. The Bertz CT molecular complexity index is 1200. The standard InChI is InChI=1S/C19H21N5O3S2/c1-13-5-4-6-15(11-13)24-17(21-22-19(24)28)12-20-18(25)14-7-9-16(10-8-14)29(26,27)23(2)3/h4-11H,12H2,1-3H3,(H,20,25)(H,22,28). The smallest absolute Gasteiger partial charge is 0.251 e. The van der Waals surface area contributed by atoms with Gasteiger partial charge < -0.3 is 5.32 Å². The molecule has 1 aromatic heterocycles. The molecule has 0 fully saturated rings. The van der Waals surface area contributed by atoms with Crippen molar-refractivity contribution in [2.75, 3.05) is 14.1 Å². The second kappa shape index (κ2) is 8.27. The van der Waals surface area contributed by atoms with Gasteiger partial charge in [-0.3, -0.25) is 14.5 Å². The lowest BCUT2D eigenvalue weighted by atomic mass is 10.2. The van der Waals surface area contributed by atoms with Crippen molar-refractivity contribution in [2.45, 2.75) is 18.4 Å². The summed E-state index contributed by atoms with van der Waals surface area (Å²) in [4.78, 5) is 12.6. The topological polar surface area (TPSA) is 100 Å². The third kappa shape index (κ3) is 4.44. The Labute approximate surface area is 174 Å². The van der Waals surface area contributed by atoms with Crippen molar-refractivity contribution < 1.29 is 13.2 Å². The molecule has 3 rings (SSSR count). The molecule has 0 aliphatic carbocycles. The highest BCUT2D eigenvalue weighted by Crippen LogP contribution is 2.15. The maximum atomic E-state index is 12.5. The number of rotatable bonds is 6. The van der Waals surface area contributed by atoms with Crippen LogP contribution >= 0.6 is 12.2 Å². The average Bonchev–Trinajstić information content (AvgIpc) is 3.06. The van der Waals surface area contributed by atoms with Gasteiger partial charge in [-0.25, -0.2) is 12.7 Å². The number of amides is 1. The summed E-state index contributed by atoms with van der Waals surface area (Å²) in [6.07, 6.45) is 0. The molecule has 0 unspecified atom stereocenters. The average molecular weight is 432 g/mol. The molecule has 0 saturated carbocycles. The van der Waals surface area contributed by atoms with Crippen LogP contribution in [-0.2, 0) is 16.6 Å². The number of aryl methyl sites for hydroxylation is 1. The van der Waals surface area contributed by atoms with E-state index in [-0.39, 0.29) is 17.3 Å². The predicted molar refractivity (Wildman–Crippen MR) is 112 cm³/mol. The molecule has 3 aromatic rings. The summed E-state index contributed by atoms with van der Waals surface area (Å²) in [5.74, 6) is 0.212. The molecule has 0 aliphatic heterocycles. The summed E-state index contributed by atoms with van der Waals surface area (Å²) in [5.41, 5.74) is 2.28. The van der Waals surface area contributed by atoms with E-state index in [4.69, 9.17) is 12.2 Å². The Hall–Kier alpha value is -2.82. The van der Waals surface area contributed by atoms with Crippen LogP contribution in [0.3, 0.4) is 0 Å². The van der Waals surface area contributed by atoms with Gasteiger partial charge in [0.2, 0.25) is 10.0 Å². The Kier molecular flexibility index (Phi) is 5.96. The van der Waals surface area contributed by atoms with Crippen LogP contribution in [0.5, 0.6) is 0 Å². The van der Waals surface area contributed by atoms with E-state index in [0.717, 1.165) is 15.6 Å². The minimum atomic E-state index is -3.54. The van der Waals surface area contributed by atoms with Gasteiger partial charge in [0.15, 0.2) is 10.6 Å². The van der Waals surface area contributed by atoms with Crippen molar-refractivity contribution in [3.05, 3.63) is 70.3 Å². The zero-order chi connectivity index (χ0) is 21.2. The molecule has 2 N–H and O–H groups in total. The first kappa shape index (κ1) is 20.9. The van der Waals surface area contributed by atoms with Gasteiger partial charge in [-0.15, -0.1) is 0 Å². The summed E-state index contributed by atoms with van der Waals surface area (Å²) in [6.45, 7) is 2.13. The first-order valence-corrected chi connectivity index (χ1v) is 10.6. The van der Waals surface area contributed by atoms with Gasteiger partial charge in [0, 0.05) is 25.3 Å². The van der Waals surface area contributed by atoms with Crippen LogP contribution < -0.4 is 5.32 Å². The Morgan fingerprint density at radius 3 is 2.52 bits per heavy atom. The molecular formula is C19H21N5O3S2.